The fourth-order valence-electron chi connectivity index (χ4n) is 18.3. The topological polar surface area (TPSA) is 366 Å². The summed E-state index contributed by atoms with van der Waals surface area (Å²) in [7, 11) is 1.62. The second kappa shape index (κ2) is 43.6. The van der Waals surface area contributed by atoms with Crippen LogP contribution >= 0.6 is 11.6 Å². The van der Waals surface area contributed by atoms with Gasteiger partial charge in [0.2, 0.25) is 41.3 Å². The second-order valence-electron chi connectivity index (χ2n) is 38.9. The molecule has 9 aromatic heterocycles. The molecule has 145 heavy (non-hydrogen) atoms. The molecule has 7 fully saturated rings. The Morgan fingerprint density at radius 2 is 0.752 bits per heavy atom. The van der Waals surface area contributed by atoms with Crippen molar-refractivity contribution in [1.82, 2.24) is 76.2 Å². The third-order valence-electron chi connectivity index (χ3n) is 27.3. The summed E-state index contributed by atoms with van der Waals surface area (Å²) >= 11 is 6.58. The highest BCUT2D eigenvalue weighted by Gasteiger charge is 2.42. The first-order valence-corrected chi connectivity index (χ1v) is 49.3. The maximum absolute atomic E-state index is 12.9. The number of nitrogens with two attached hydrogens (primary N) is 1. The number of pyridine rings is 8. The van der Waals surface area contributed by atoms with Crippen molar-refractivity contribution in [2.45, 2.75) is 174 Å². The lowest BCUT2D eigenvalue weighted by molar-refractivity contribution is -0.212. The molecule has 748 valence electrons. The average Bonchev–Trinajstić information content (AvgIpc) is 1.69. The molecule has 7 aliphatic rings. The normalized spacial score (nSPS) is 18.9. The average molecular weight is 1980 g/mol. The molecule has 29 nitrogen and oxygen atoms in total. The number of ether oxygens (including phenoxy) is 8. The zero-order valence-electron chi connectivity index (χ0n) is 81.8. The van der Waals surface area contributed by atoms with E-state index < -0.39 is 6.30 Å². The van der Waals surface area contributed by atoms with Crippen molar-refractivity contribution in [3.05, 3.63) is 248 Å². The molecule has 22 rings (SSSR count). The number of hydrogen-bond donors (Lipinski definition) is 6. The van der Waals surface area contributed by atoms with Gasteiger partial charge in [-0.25, -0.2) is 9.97 Å². The molecule has 33 heteroatoms. The number of halogens is 4. The van der Waals surface area contributed by atoms with Crippen LogP contribution in [0.5, 0.6) is 46.3 Å². The van der Waals surface area contributed by atoms with E-state index in [0.717, 1.165) is 160 Å². The fraction of sp³-hybridized carbons (Fsp3) is 0.339. The van der Waals surface area contributed by atoms with E-state index >= 15 is 0 Å². The standard InChI is InChI=1S/C24H24ClN3O2.C24H25N3O3.C24H27N3O3.C21H21N3O3.C19H17F3N4O2/c1-14(17-12-23(29)28-13-17)30-22-11-16(10-21-18(22)3-2-8-27-21)15-4-5-19(20(25)9-15)24(26)6-7-24;1-15(18-12-23(28)26-14-18)29-22-11-17(10-21-20(22)6-3-9-25-21)16-7-8-24(27-13-16)30-19-4-2-5-19;1-15(18-12-22(28)26-14-18)29-21-11-17(10-20-19(21)6-5-9-25-20)16-7-8-23(27-13-16)30-24(2,3)4;1-13(15-10-21(25)24-11-15)27-20-9-14(8-19-17(20)4-3-7-22-19)18-6-5-16(26-2)12-23-18;1-11(13-7-18(27)24-8-13)28-17-6-12(5-16-15(17)3-2-4-23-16)14-9-25-26(10-14)19(20,21)22/h2-5,8-11,14,17H,6-7,12-13,26H2,1H3,(H,28,29);3,6-11,13,15,18-19H,2,4-5,12,14H2,1H3,(H,26,28);5-11,13,15,18H,12,14H2,1-4H3,(H,26,28);3-9,12-13,15H,10-11H2,1-2H3,(H,24,25);2-6,9-11,13H,7-8H2,1H3,(H,24,27)/t14-,17-;2*15-,18-;13-,15-;11-,13-/m11111/s1. The van der Waals surface area contributed by atoms with Crippen LogP contribution in [-0.2, 0) is 35.8 Å². The van der Waals surface area contributed by atoms with Crippen molar-refractivity contribution >= 4 is 95.7 Å². The molecule has 6 aromatic carbocycles. The molecule has 15 aromatic rings. The third-order valence-corrected chi connectivity index (χ3v) is 27.6. The van der Waals surface area contributed by atoms with Crippen LogP contribution in [-0.4, -0.2) is 161 Å². The summed E-state index contributed by atoms with van der Waals surface area (Å²) in [6, 6.07) is 56.5. The Morgan fingerprint density at radius 3 is 1.05 bits per heavy atom. The lowest BCUT2D eigenvalue weighted by Crippen LogP contribution is -2.25. The monoisotopic (exact) mass is 1980 g/mol. The SMILES string of the molecule is COc1ccc(-c2cc(O[C@H](C)[C@H]3CNC(=O)C3)c3cccnc3c2)nc1.C[C@@H](Oc1cc(-c2ccc(C3(N)CC3)c(Cl)c2)cc2ncccc12)[C@H]1CNC(=O)C1.C[C@@H](Oc1cc(-c2ccc(OC(C)(C)C)nc2)cc2ncccc12)[C@H]1CNC(=O)C1.C[C@@H](Oc1cc(-c2ccc(OC3CCC3)nc2)cc2ncccc12)[C@H]1CNC(=O)C1.C[C@@H](Oc1cc(-c2cnn(C(F)(F)F)c2)cc2ncccc12)[C@H]1CNC(=O)C1. The van der Waals surface area contributed by atoms with Gasteiger partial charge < -0.3 is 70.2 Å². The summed E-state index contributed by atoms with van der Waals surface area (Å²) in [6.07, 6.45) is 19.0. The predicted molar refractivity (Wildman–Crippen MR) is 548 cm³/mol. The Morgan fingerprint density at radius 1 is 0.400 bits per heavy atom. The van der Waals surface area contributed by atoms with Crippen molar-refractivity contribution in [3.63, 3.8) is 0 Å². The summed E-state index contributed by atoms with van der Waals surface area (Å²) in [5.74, 6) is 6.51. The van der Waals surface area contributed by atoms with Gasteiger partial charge in [0, 0.05) is 216 Å². The molecule has 2 saturated carbocycles. The first-order chi connectivity index (χ1) is 69.8. The number of carbonyl (C=O) groups is 5. The highest BCUT2D eigenvalue weighted by Crippen LogP contribution is 2.48. The van der Waals surface area contributed by atoms with Crippen LogP contribution in [0.25, 0.3) is 110 Å². The van der Waals surface area contributed by atoms with Gasteiger partial charge in [0.25, 0.3) is 0 Å². The van der Waals surface area contributed by atoms with Crippen molar-refractivity contribution < 1.29 is 75.0 Å². The number of benzene rings is 6. The number of amides is 5. The number of methoxy groups -OCH3 is 1. The number of nitrogens with zero attached hydrogens (tertiary/aromatic N) is 10. The molecule has 14 heterocycles. The van der Waals surface area contributed by atoms with E-state index in [1.54, 1.807) is 68.7 Å². The van der Waals surface area contributed by atoms with Crippen LogP contribution in [0.3, 0.4) is 0 Å². The molecule has 0 radical (unpaired) electrons. The van der Waals surface area contributed by atoms with E-state index in [2.05, 4.69) is 83.7 Å². The van der Waals surface area contributed by atoms with Crippen molar-refractivity contribution in [1.29, 1.82) is 0 Å². The van der Waals surface area contributed by atoms with Crippen LogP contribution in [0, 0.1) is 29.6 Å². The minimum atomic E-state index is -4.58. The Bertz CT molecular complexity index is 7260. The number of fused-ring (bicyclic) bond motifs is 5. The van der Waals surface area contributed by atoms with Gasteiger partial charge in [-0.3, -0.25) is 53.9 Å². The molecule has 0 spiro atoms. The van der Waals surface area contributed by atoms with E-state index in [4.69, 9.17) is 55.2 Å². The van der Waals surface area contributed by atoms with Crippen LogP contribution in [0.2, 0.25) is 5.02 Å². The quantitative estimate of drug-likeness (QED) is 0.0309. The van der Waals surface area contributed by atoms with Gasteiger partial charge in [-0.2, -0.15) is 9.78 Å². The molecule has 5 aliphatic heterocycles. The number of hydrogen-bond acceptors (Lipinski definition) is 23. The molecule has 5 saturated heterocycles. The van der Waals surface area contributed by atoms with Gasteiger partial charge in [-0.1, -0.05) is 23.7 Å². The minimum Gasteiger partial charge on any atom is -0.495 e. The zero-order valence-corrected chi connectivity index (χ0v) is 82.6. The Balaban J connectivity index is 0.000000119. The van der Waals surface area contributed by atoms with Gasteiger partial charge in [-0.15, -0.1) is 13.2 Å². The van der Waals surface area contributed by atoms with E-state index in [-0.39, 0.29) is 105 Å². The minimum absolute atomic E-state index is 0.0136. The first-order valence-electron chi connectivity index (χ1n) is 48.9. The number of nitrogens with one attached hydrogen (secondary N) is 5. The largest absolute Gasteiger partial charge is 0.504 e. The number of aromatic nitrogens is 10. The van der Waals surface area contributed by atoms with E-state index in [0.29, 0.717) is 116 Å². The fourth-order valence-corrected chi connectivity index (χ4v) is 18.7. The highest BCUT2D eigenvalue weighted by molar-refractivity contribution is 6.32. The first kappa shape index (κ1) is 99.9. The molecule has 10 atom stereocenters. The Labute approximate surface area is 841 Å². The van der Waals surface area contributed by atoms with E-state index in [9.17, 15) is 37.1 Å². The van der Waals surface area contributed by atoms with E-state index in [1.807, 2.05) is 207 Å². The molecule has 0 bridgehead atoms. The van der Waals surface area contributed by atoms with Gasteiger partial charge in [0.15, 0.2) is 0 Å². The van der Waals surface area contributed by atoms with Gasteiger partial charge in [0.05, 0.1) is 52.8 Å². The highest BCUT2D eigenvalue weighted by atomic mass is 35.5. The summed E-state index contributed by atoms with van der Waals surface area (Å²) < 4.78 is 86.8. The summed E-state index contributed by atoms with van der Waals surface area (Å²) in [5.41, 5.74) is 19.3. The zero-order chi connectivity index (χ0) is 101. The van der Waals surface area contributed by atoms with Crippen LogP contribution in [0.4, 0.5) is 13.2 Å². The van der Waals surface area contributed by atoms with Crippen molar-refractivity contribution in [2.75, 3.05) is 39.8 Å². The van der Waals surface area contributed by atoms with Gasteiger partial charge >= 0.3 is 6.30 Å². The van der Waals surface area contributed by atoms with Gasteiger partial charge in [0.1, 0.15) is 76.7 Å². The van der Waals surface area contributed by atoms with Crippen LogP contribution in [0.1, 0.15) is 125 Å². The number of carbonyl (C=O) groups excluding carboxylic acids is 5. The summed E-state index contributed by atoms with van der Waals surface area (Å²) in [6.45, 7) is 19.1. The smallest absolute Gasteiger partial charge is 0.495 e. The summed E-state index contributed by atoms with van der Waals surface area (Å²) in [4.78, 5) is 93.5. The Hall–Kier alpha value is -15.2. The maximum atomic E-state index is 12.9. The molecule has 7 N–H and O–H groups in total. The van der Waals surface area contributed by atoms with Crippen LogP contribution in [0.15, 0.2) is 238 Å². The molecular weight excluding hydrogens is 1870 g/mol. The maximum Gasteiger partial charge on any atom is 0.504 e. The Kier molecular flexibility index (Phi) is 30.0. The number of alkyl halides is 3. The second-order valence-corrected chi connectivity index (χ2v) is 39.3. The van der Waals surface area contributed by atoms with Gasteiger partial charge in [-0.05, 0) is 273 Å². The third kappa shape index (κ3) is 24.5. The van der Waals surface area contributed by atoms with Crippen molar-refractivity contribution in [3.8, 4) is 102 Å². The molecule has 0 unspecified atom stereocenters. The lowest BCUT2D eigenvalue weighted by atomic mass is 9.96. The molecule has 2 aliphatic carbocycles. The molecular formula is C112H114ClF3N16O13. The number of rotatable bonds is 25. The predicted octanol–water partition coefficient (Wildman–Crippen LogP) is 19.6. The van der Waals surface area contributed by atoms with Crippen molar-refractivity contribution in [2.24, 2.45) is 35.3 Å². The lowest BCUT2D eigenvalue weighted by Gasteiger charge is -2.25. The van der Waals surface area contributed by atoms with Crippen LogP contribution < -0.4 is 70.2 Å². The van der Waals surface area contributed by atoms with E-state index in [1.165, 1.54) is 6.42 Å². The summed E-state index contributed by atoms with van der Waals surface area (Å²) in [5, 5.41) is 22.9. The molecule has 5 amide bonds.